The van der Waals surface area contributed by atoms with Crippen molar-refractivity contribution in [1.29, 1.82) is 0 Å². The summed E-state index contributed by atoms with van der Waals surface area (Å²) in [5.74, 6) is 0.115. The number of aryl methyl sites for hydroxylation is 2. The van der Waals surface area contributed by atoms with Crippen molar-refractivity contribution in [3.8, 4) is 5.69 Å². The van der Waals surface area contributed by atoms with Crippen molar-refractivity contribution < 1.29 is 4.79 Å². The molecular formula is C24H25N3O2S2. The van der Waals surface area contributed by atoms with Gasteiger partial charge in [-0.3, -0.25) is 14.2 Å². The van der Waals surface area contributed by atoms with Crippen molar-refractivity contribution >= 4 is 29.4 Å². The van der Waals surface area contributed by atoms with Crippen LogP contribution in [0.1, 0.15) is 29.3 Å². The van der Waals surface area contributed by atoms with E-state index in [2.05, 4.69) is 12.2 Å². The Morgan fingerprint density at radius 3 is 2.45 bits per heavy atom. The highest BCUT2D eigenvalue weighted by Crippen LogP contribution is 2.34. The molecule has 1 unspecified atom stereocenters. The van der Waals surface area contributed by atoms with Crippen molar-refractivity contribution in [2.24, 2.45) is 0 Å². The van der Waals surface area contributed by atoms with Gasteiger partial charge in [0, 0.05) is 18.2 Å². The number of hydrogen-bond donors (Lipinski definition) is 1. The molecule has 2 aromatic carbocycles. The molecule has 3 aromatic rings. The van der Waals surface area contributed by atoms with Gasteiger partial charge < -0.3 is 5.32 Å². The van der Waals surface area contributed by atoms with Gasteiger partial charge in [-0.25, -0.2) is 4.98 Å². The quantitative estimate of drug-likeness (QED) is 0.447. The van der Waals surface area contributed by atoms with Gasteiger partial charge in [0.05, 0.1) is 22.0 Å². The number of fused-ring (bicyclic) bond motifs is 1. The number of nitrogens with zero attached hydrogens (tertiary/aromatic N) is 2. The minimum absolute atomic E-state index is 0.0502. The summed E-state index contributed by atoms with van der Waals surface area (Å²) in [5.41, 5.74) is 4.93. The summed E-state index contributed by atoms with van der Waals surface area (Å²) in [6.07, 6.45) is 0.775. The molecule has 2 heterocycles. The maximum atomic E-state index is 13.3. The van der Waals surface area contributed by atoms with E-state index in [1.165, 1.54) is 17.3 Å². The Hall–Kier alpha value is -2.51. The Morgan fingerprint density at radius 2 is 1.77 bits per heavy atom. The molecule has 4 rings (SSSR count). The highest BCUT2D eigenvalue weighted by molar-refractivity contribution is 8.00. The Morgan fingerprint density at radius 1 is 1.13 bits per heavy atom. The molecule has 0 radical (unpaired) electrons. The van der Waals surface area contributed by atoms with Crippen LogP contribution < -0.4 is 10.9 Å². The number of carbonyl (C=O) groups excluding carboxylic acids is 1. The fraction of sp³-hybridized carbons (Fsp3) is 0.292. The van der Waals surface area contributed by atoms with Crippen LogP contribution >= 0.6 is 23.5 Å². The van der Waals surface area contributed by atoms with Gasteiger partial charge in [0.25, 0.3) is 5.56 Å². The number of hydrogen-bond acceptors (Lipinski definition) is 5. The number of carbonyl (C=O) groups is 1. The Bertz CT molecular complexity index is 1160. The van der Waals surface area contributed by atoms with Crippen molar-refractivity contribution in [2.75, 3.05) is 5.75 Å². The van der Waals surface area contributed by atoms with Gasteiger partial charge in [-0.1, -0.05) is 66.2 Å². The molecule has 1 N–H and O–H groups in total. The zero-order valence-corrected chi connectivity index (χ0v) is 19.5. The second-order valence-corrected chi connectivity index (χ2v) is 10.2. The lowest BCUT2D eigenvalue weighted by Crippen LogP contribution is -2.27. The zero-order valence-electron chi connectivity index (χ0n) is 17.8. The third-order valence-corrected chi connectivity index (χ3v) is 7.27. The third kappa shape index (κ3) is 5.05. The molecular weight excluding hydrogens is 426 g/mol. The summed E-state index contributed by atoms with van der Waals surface area (Å²) in [7, 11) is 0. The van der Waals surface area contributed by atoms with E-state index in [0.717, 1.165) is 33.8 Å². The standard InChI is InChI=1S/C24H25N3O2S2/c1-15-4-8-18(9-5-15)13-25-21(28)14-30-24-26-20-12-17(3)31-22(20)23(29)27(24)19-10-6-16(2)7-11-19/h4-11,17H,12-14H2,1-3H3,(H,25,28). The van der Waals surface area contributed by atoms with Crippen LogP contribution in [-0.2, 0) is 17.8 Å². The number of benzene rings is 2. The van der Waals surface area contributed by atoms with Crippen molar-refractivity contribution in [3.63, 3.8) is 0 Å². The Labute approximate surface area is 190 Å². The number of thioether (sulfide) groups is 2. The Balaban J connectivity index is 1.54. The van der Waals surface area contributed by atoms with Crippen LogP contribution in [0.15, 0.2) is 63.4 Å². The lowest BCUT2D eigenvalue weighted by atomic mass is 10.1. The highest BCUT2D eigenvalue weighted by Gasteiger charge is 2.27. The van der Waals surface area contributed by atoms with E-state index < -0.39 is 0 Å². The summed E-state index contributed by atoms with van der Waals surface area (Å²) in [4.78, 5) is 31.3. The lowest BCUT2D eigenvalue weighted by Gasteiger charge is -2.14. The first-order chi connectivity index (χ1) is 14.9. The number of nitrogens with one attached hydrogen (secondary N) is 1. The van der Waals surface area contributed by atoms with Crippen LogP contribution in [0.5, 0.6) is 0 Å². The van der Waals surface area contributed by atoms with E-state index in [1.54, 1.807) is 16.3 Å². The molecule has 0 saturated carbocycles. The maximum Gasteiger partial charge on any atom is 0.272 e. The van der Waals surface area contributed by atoms with E-state index in [4.69, 9.17) is 4.98 Å². The van der Waals surface area contributed by atoms with E-state index in [1.807, 2.05) is 62.4 Å². The smallest absolute Gasteiger partial charge is 0.272 e. The Kier molecular flexibility index (Phi) is 6.53. The summed E-state index contributed by atoms with van der Waals surface area (Å²) in [5, 5.41) is 3.85. The average Bonchev–Trinajstić information content (AvgIpc) is 3.13. The molecule has 5 nitrogen and oxygen atoms in total. The van der Waals surface area contributed by atoms with Crippen molar-refractivity contribution in [2.45, 2.75) is 49.0 Å². The molecule has 31 heavy (non-hydrogen) atoms. The second kappa shape index (κ2) is 9.32. The molecule has 160 valence electrons. The SMILES string of the molecule is Cc1ccc(CNC(=O)CSc2nc3c(c(=O)n2-c2ccc(C)cc2)SC(C)C3)cc1. The van der Waals surface area contributed by atoms with Gasteiger partial charge >= 0.3 is 0 Å². The average molecular weight is 452 g/mol. The first-order valence-electron chi connectivity index (χ1n) is 10.3. The van der Waals surface area contributed by atoms with Gasteiger partial charge in [0.2, 0.25) is 5.91 Å². The molecule has 0 saturated heterocycles. The summed E-state index contributed by atoms with van der Waals surface area (Å²) >= 11 is 2.89. The third-order valence-electron chi connectivity index (χ3n) is 5.12. The normalized spacial score (nSPS) is 15.0. The van der Waals surface area contributed by atoms with Gasteiger partial charge in [0.1, 0.15) is 0 Å². The van der Waals surface area contributed by atoms with Crippen molar-refractivity contribution in [1.82, 2.24) is 14.9 Å². The van der Waals surface area contributed by atoms with Crippen LogP contribution in [0.2, 0.25) is 0 Å². The maximum absolute atomic E-state index is 13.3. The second-order valence-electron chi connectivity index (χ2n) is 7.83. The van der Waals surface area contributed by atoms with Crippen molar-refractivity contribution in [3.05, 3.63) is 81.3 Å². The summed E-state index contributed by atoms with van der Waals surface area (Å²) in [6.45, 7) is 6.64. The molecule has 0 spiro atoms. The first-order valence-corrected chi connectivity index (χ1v) is 12.1. The van der Waals surface area contributed by atoms with Crippen LogP contribution in [-0.4, -0.2) is 26.5 Å². The topological polar surface area (TPSA) is 64.0 Å². The van der Waals surface area contributed by atoms with Crippen LogP contribution in [0.25, 0.3) is 5.69 Å². The molecule has 0 aliphatic carbocycles. The van der Waals surface area contributed by atoms with Gasteiger partial charge in [-0.2, -0.15) is 0 Å². The molecule has 0 bridgehead atoms. The molecule has 1 atom stereocenters. The van der Waals surface area contributed by atoms with Gasteiger partial charge in [-0.15, -0.1) is 11.8 Å². The molecule has 1 aromatic heterocycles. The van der Waals surface area contributed by atoms with Gasteiger partial charge in [0.15, 0.2) is 5.16 Å². The molecule has 0 fully saturated rings. The lowest BCUT2D eigenvalue weighted by molar-refractivity contribution is -0.118. The number of rotatable bonds is 6. The number of amides is 1. The first kappa shape index (κ1) is 21.7. The monoisotopic (exact) mass is 451 g/mol. The van der Waals surface area contributed by atoms with Gasteiger partial charge in [-0.05, 0) is 31.5 Å². The number of aromatic nitrogens is 2. The van der Waals surface area contributed by atoms with Crippen LogP contribution in [0.3, 0.4) is 0 Å². The largest absolute Gasteiger partial charge is 0.351 e. The minimum Gasteiger partial charge on any atom is -0.351 e. The molecule has 7 heteroatoms. The molecule has 1 amide bonds. The predicted octanol–water partition coefficient (Wildman–Crippen LogP) is 4.29. The minimum atomic E-state index is -0.0847. The summed E-state index contributed by atoms with van der Waals surface area (Å²) in [6, 6.07) is 15.9. The van der Waals surface area contributed by atoms with Crippen LogP contribution in [0, 0.1) is 13.8 Å². The fourth-order valence-electron chi connectivity index (χ4n) is 3.41. The highest BCUT2D eigenvalue weighted by atomic mass is 32.2. The summed E-state index contributed by atoms with van der Waals surface area (Å²) < 4.78 is 1.64. The van der Waals surface area contributed by atoms with E-state index in [0.29, 0.717) is 17.0 Å². The van der Waals surface area contributed by atoms with E-state index in [9.17, 15) is 9.59 Å². The fourth-order valence-corrected chi connectivity index (χ4v) is 5.36. The van der Waals surface area contributed by atoms with E-state index >= 15 is 0 Å². The molecule has 1 aliphatic heterocycles. The molecule has 1 aliphatic rings. The van der Waals surface area contributed by atoms with E-state index in [-0.39, 0.29) is 17.2 Å². The van der Waals surface area contributed by atoms with Crippen LogP contribution in [0.4, 0.5) is 0 Å². The predicted molar refractivity (Wildman–Crippen MR) is 127 cm³/mol. The zero-order chi connectivity index (χ0) is 22.0.